The van der Waals surface area contributed by atoms with Crippen LogP contribution >= 0.6 is 15.9 Å². The predicted molar refractivity (Wildman–Crippen MR) is 83.4 cm³/mol. The molecular formula is C16H19BrN2. The highest BCUT2D eigenvalue weighted by Gasteiger charge is 2.15. The summed E-state index contributed by atoms with van der Waals surface area (Å²) in [5.74, 6) is 0. The highest BCUT2D eigenvalue weighted by atomic mass is 79.9. The van der Waals surface area contributed by atoms with Crippen molar-refractivity contribution in [3.05, 3.63) is 63.4 Å². The molecule has 0 saturated heterocycles. The van der Waals surface area contributed by atoms with Crippen molar-refractivity contribution in [3.8, 4) is 0 Å². The lowest BCUT2D eigenvalue weighted by molar-refractivity contribution is 0.625. The van der Waals surface area contributed by atoms with Gasteiger partial charge in [0.15, 0.2) is 0 Å². The number of hydrogen-bond acceptors (Lipinski definition) is 2. The van der Waals surface area contributed by atoms with E-state index in [0.717, 1.165) is 16.7 Å². The van der Waals surface area contributed by atoms with Gasteiger partial charge in [-0.25, -0.2) is 0 Å². The van der Waals surface area contributed by atoms with Crippen LogP contribution in [0.5, 0.6) is 0 Å². The number of nitrogens with one attached hydrogen (secondary N) is 1. The maximum atomic E-state index is 4.41. The Balaban J connectivity index is 2.41. The van der Waals surface area contributed by atoms with E-state index >= 15 is 0 Å². The van der Waals surface area contributed by atoms with Crippen molar-refractivity contribution in [2.75, 3.05) is 6.54 Å². The van der Waals surface area contributed by atoms with Crippen LogP contribution in [0.1, 0.15) is 35.3 Å². The summed E-state index contributed by atoms with van der Waals surface area (Å²) in [5.41, 5.74) is 4.83. The SMILES string of the molecule is CCNC(c1ccc(C)nc1)c1ccc(Br)cc1C. The van der Waals surface area contributed by atoms with Crippen LogP contribution in [0.3, 0.4) is 0 Å². The third kappa shape index (κ3) is 3.43. The number of pyridine rings is 1. The van der Waals surface area contributed by atoms with E-state index in [1.165, 1.54) is 16.7 Å². The fourth-order valence-corrected chi connectivity index (χ4v) is 2.70. The van der Waals surface area contributed by atoms with E-state index < -0.39 is 0 Å². The van der Waals surface area contributed by atoms with Gasteiger partial charge in [0, 0.05) is 16.4 Å². The van der Waals surface area contributed by atoms with Crippen molar-refractivity contribution < 1.29 is 0 Å². The molecule has 0 saturated carbocycles. The Labute approximate surface area is 123 Å². The van der Waals surface area contributed by atoms with Crippen LogP contribution in [0, 0.1) is 13.8 Å². The molecule has 0 aliphatic heterocycles. The maximum absolute atomic E-state index is 4.41. The molecule has 0 spiro atoms. The lowest BCUT2D eigenvalue weighted by Gasteiger charge is -2.21. The molecule has 0 bridgehead atoms. The summed E-state index contributed by atoms with van der Waals surface area (Å²) >= 11 is 3.52. The lowest BCUT2D eigenvalue weighted by Crippen LogP contribution is -2.23. The zero-order chi connectivity index (χ0) is 13.8. The van der Waals surface area contributed by atoms with Crippen molar-refractivity contribution in [2.45, 2.75) is 26.8 Å². The summed E-state index contributed by atoms with van der Waals surface area (Å²) in [5, 5.41) is 3.54. The van der Waals surface area contributed by atoms with Crippen molar-refractivity contribution in [1.82, 2.24) is 10.3 Å². The summed E-state index contributed by atoms with van der Waals surface area (Å²) in [7, 11) is 0. The van der Waals surface area contributed by atoms with Gasteiger partial charge in [-0.15, -0.1) is 0 Å². The Morgan fingerprint density at radius 3 is 2.58 bits per heavy atom. The van der Waals surface area contributed by atoms with E-state index in [4.69, 9.17) is 0 Å². The largest absolute Gasteiger partial charge is 0.306 e. The maximum Gasteiger partial charge on any atom is 0.0594 e. The Morgan fingerprint density at radius 2 is 2.00 bits per heavy atom. The first kappa shape index (κ1) is 14.2. The molecule has 1 aromatic carbocycles. The minimum absolute atomic E-state index is 0.200. The normalized spacial score (nSPS) is 12.4. The zero-order valence-electron chi connectivity index (χ0n) is 11.6. The van der Waals surface area contributed by atoms with Gasteiger partial charge in [0.05, 0.1) is 6.04 Å². The predicted octanol–water partition coefficient (Wildman–Crippen LogP) is 4.16. The molecule has 1 atom stereocenters. The fourth-order valence-electron chi connectivity index (χ4n) is 2.22. The minimum Gasteiger partial charge on any atom is -0.306 e. The Morgan fingerprint density at radius 1 is 1.21 bits per heavy atom. The molecule has 2 rings (SSSR count). The number of aromatic nitrogens is 1. The van der Waals surface area contributed by atoms with E-state index in [-0.39, 0.29) is 6.04 Å². The van der Waals surface area contributed by atoms with E-state index in [0.29, 0.717) is 0 Å². The van der Waals surface area contributed by atoms with Crippen LogP contribution in [-0.4, -0.2) is 11.5 Å². The summed E-state index contributed by atoms with van der Waals surface area (Å²) in [4.78, 5) is 4.41. The third-order valence-corrected chi connectivity index (χ3v) is 3.71. The van der Waals surface area contributed by atoms with Crippen LogP contribution in [0.15, 0.2) is 41.0 Å². The number of aryl methyl sites for hydroxylation is 2. The average Bonchev–Trinajstić information content (AvgIpc) is 2.38. The second-order valence-electron chi connectivity index (χ2n) is 4.72. The van der Waals surface area contributed by atoms with E-state index in [1.54, 1.807) is 0 Å². The molecule has 100 valence electrons. The Hall–Kier alpha value is -1.19. The van der Waals surface area contributed by atoms with Gasteiger partial charge in [0.1, 0.15) is 0 Å². The zero-order valence-corrected chi connectivity index (χ0v) is 13.2. The van der Waals surface area contributed by atoms with Crippen molar-refractivity contribution in [3.63, 3.8) is 0 Å². The fraction of sp³-hybridized carbons (Fsp3) is 0.312. The average molecular weight is 319 g/mol. The third-order valence-electron chi connectivity index (χ3n) is 3.22. The number of rotatable bonds is 4. The van der Waals surface area contributed by atoms with Crippen LogP contribution in [-0.2, 0) is 0 Å². The van der Waals surface area contributed by atoms with Gasteiger partial charge in [0.2, 0.25) is 0 Å². The molecule has 1 N–H and O–H groups in total. The number of halogens is 1. The molecule has 0 fully saturated rings. The van der Waals surface area contributed by atoms with Gasteiger partial charge in [-0.1, -0.05) is 35.0 Å². The number of hydrogen-bond donors (Lipinski definition) is 1. The molecule has 0 radical (unpaired) electrons. The summed E-state index contributed by atoms with van der Waals surface area (Å²) in [6.45, 7) is 7.21. The molecular weight excluding hydrogens is 300 g/mol. The first-order chi connectivity index (χ1) is 9.11. The van der Waals surface area contributed by atoms with Gasteiger partial charge in [-0.3, -0.25) is 4.98 Å². The number of benzene rings is 1. The molecule has 19 heavy (non-hydrogen) atoms. The van der Waals surface area contributed by atoms with Gasteiger partial charge in [-0.05, 0) is 55.3 Å². The van der Waals surface area contributed by atoms with E-state index in [2.05, 4.69) is 70.4 Å². The molecule has 1 aromatic heterocycles. The minimum atomic E-state index is 0.200. The molecule has 2 aromatic rings. The van der Waals surface area contributed by atoms with Crippen LogP contribution in [0.25, 0.3) is 0 Å². The van der Waals surface area contributed by atoms with E-state index in [1.807, 2.05) is 13.1 Å². The lowest BCUT2D eigenvalue weighted by atomic mass is 9.96. The van der Waals surface area contributed by atoms with Crippen molar-refractivity contribution in [1.29, 1.82) is 0 Å². The van der Waals surface area contributed by atoms with E-state index in [9.17, 15) is 0 Å². The standard InChI is InChI=1S/C16H19BrN2/c1-4-18-16(13-6-5-12(3)19-10-13)15-8-7-14(17)9-11(15)2/h5-10,16,18H,4H2,1-3H3. The quantitative estimate of drug-likeness (QED) is 0.915. The highest BCUT2D eigenvalue weighted by molar-refractivity contribution is 9.10. The summed E-state index contributed by atoms with van der Waals surface area (Å²) in [6, 6.07) is 10.8. The Kier molecular flexibility index (Phi) is 4.72. The monoisotopic (exact) mass is 318 g/mol. The van der Waals surface area contributed by atoms with Gasteiger partial charge in [-0.2, -0.15) is 0 Å². The number of nitrogens with zero attached hydrogens (tertiary/aromatic N) is 1. The van der Waals surface area contributed by atoms with Crippen LogP contribution in [0.2, 0.25) is 0 Å². The second-order valence-corrected chi connectivity index (χ2v) is 5.64. The molecule has 1 unspecified atom stereocenters. The second kappa shape index (κ2) is 6.31. The van der Waals surface area contributed by atoms with Crippen LogP contribution < -0.4 is 5.32 Å². The topological polar surface area (TPSA) is 24.9 Å². The molecule has 1 heterocycles. The smallest absolute Gasteiger partial charge is 0.0594 e. The van der Waals surface area contributed by atoms with Crippen LogP contribution in [0.4, 0.5) is 0 Å². The molecule has 0 aliphatic rings. The first-order valence-corrected chi connectivity index (χ1v) is 7.33. The first-order valence-electron chi connectivity index (χ1n) is 6.53. The summed E-state index contributed by atoms with van der Waals surface area (Å²) in [6.07, 6.45) is 1.96. The molecule has 0 amide bonds. The van der Waals surface area contributed by atoms with Gasteiger partial charge >= 0.3 is 0 Å². The molecule has 0 aliphatic carbocycles. The van der Waals surface area contributed by atoms with Crippen molar-refractivity contribution in [2.24, 2.45) is 0 Å². The highest BCUT2D eigenvalue weighted by Crippen LogP contribution is 2.26. The van der Waals surface area contributed by atoms with Gasteiger partial charge < -0.3 is 5.32 Å². The van der Waals surface area contributed by atoms with Crippen molar-refractivity contribution >= 4 is 15.9 Å². The molecule has 3 heteroatoms. The Bertz CT molecular complexity index is 549. The van der Waals surface area contributed by atoms with Gasteiger partial charge in [0.25, 0.3) is 0 Å². The summed E-state index contributed by atoms with van der Waals surface area (Å²) < 4.78 is 1.12. The molecule has 2 nitrogen and oxygen atoms in total.